The molecule has 8 heteroatoms. The first-order valence-corrected chi connectivity index (χ1v) is 7.65. The maximum Gasteiger partial charge on any atom is 0.305 e. The molecule has 0 amide bonds. The summed E-state index contributed by atoms with van der Waals surface area (Å²) in [6.45, 7) is 1.82. The van der Waals surface area contributed by atoms with Crippen LogP contribution in [-0.4, -0.2) is 22.9 Å². The minimum atomic E-state index is -3.24. The van der Waals surface area contributed by atoms with Crippen LogP contribution in [0.25, 0.3) is 0 Å². The third-order valence-electron chi connectivity index (χ3n) is 3.39. The molecular weight excluding hydrogens is 327 g/mol. The number of aromatic nitrogens is 2. The van der Waals surface area contributed by atoms with E-state index in [1.807, 2.05) is 6.92 Å². The first-order chi connectivity index (χ1) is 10.9. The third kappa shape index (κ3) is 2.96. The number of hydrogen-bond acceptors (Lipinski definition) is 4. The number of thioether (sulfide) groups is 1. The van der Waals surface area contributed by atoms with Crippen molar-refractivity contribution in [2.24, 2.45) is 0 Å². The van der Waals surface area contributed by atoms with Crippen molar-refractivity contribution in [2.75, 3.05) is 12.0 Å². The average Bonchev–Trinajstić information content (AvgIpc) is 3.13. The van der Waals surface area contributed by atoms with Crippen LogP contribution < -0.4 is 4.90 Å². The lowest BCUT2D eigenvalue weighted by Crippen LogP contribution is -2.25. The van der Waals surface area contributed by atoms with Crippen LogP contribution in [0.4, 0.5) is 19.0 Å². The van der Waals surface area contributed by atoms with Crippen molar-refractivity contribution in [2.45, 2.75) is 18.4 Å². The Morgan fingerprint density at radius 3 is 2.57 bits per heavy atom. The maximum atomic E-state index is 14.7. The van der Waals surface area contributed by atoms with Gasteiger partial charge in [0, 0.05) is 30.6 Å². The summed E-state index contributed by atoms with van der Waals surface area (Å²) in [5, 5.41) is 6.83. The van der Waals surface area contributed by atoms with Crippen molar-refractivity contribution >= 4 is 17.6 Å². The lowest BCUT2D eigenvalue weighted by molar-refractivity contribution is 0.0476. The largest absolute Gasteiger partial charge is 0.351 e. The highest BCUT2D eigenvalue weighted by Gasteiger charge is 2.43. The van der Waals surface area contributed by atoms with E-state index in [1.165, 1.54) is 18.2 Å². The quantitative estimate of drug-likeness (QED) is 0.913. The number of rotatable bonds is 4. The second-order valence-electron chi connectivity index (χ2n) is 5.05. The second-order valence-corrected chi connectivity index (χ2v) is 6.13. The number of aryl methyl sites for hydroxylation is 1. The molecule has 3 rings (SSSR count). The Labute approximate surface area is 135 Å². The number of hydrogen-bond donors (Lipinski definition) is 1. The number of alkyl halides is 2. The highest BCUT2D eigenvalue weighted by Crippen LogP contribution is 2.48. The predicted octanol–water partition coefficient (Wildman–Crippen LogP) is 3.97. The van der Waals surface area contributed by atoms with Crippen LogP contribution in [0, 0.1) is 12.7 Å². The number of nitrogens with zero attached hydrogens (tertiary/aromatic N) is 2. The van der Waals surface area contributed by atoms with Crippen LogP contribution >= 0.6 is 11.8 Å². The van der Waals surface area contributed by atoms with E-state index in [9.17, 15) is 13.2 Å². The molecule has 1 atom stereocenters. The van der Waals surface area contributed by atoms with E-state index in [0.29, 0.717) is 5.82 Å². The average molecular weight is 341 g/mol. The maximum absolute atomic E-state index is 14.7. The number of H-pyrrole nitrogens is 1. The Morgan fingerprint density at radius 2 is 2.00 bits per heavy atom. The van der Waals surface area contributed by atoms with Crippen molar-refractivity contribution in [1.29, 1.82) is 0 Å². The van der Waals surface area contributed by atoms with E-state index in [-0.39, 0.29) is 10.5 Å². The van der Waals surface area contributed by atoms with Gasteiger partial charge in [0.05, 0.1) is 4.91 Å². The number of ether oxygens (including phenoxy) is 1. The monoisotopic (exact) mass is 341 g/mol. The smallest absolute Gasteiger partial charge is 0.305 e. The highest BCUT2D eigenvalue weighted by atomic mass is 32.2. The fourth-order valence-corrected chi connectivity index (χ4v) is 3.25. The molecule has 2 aromatic rings. The van der Waals surface area contributed by atoms with Gasteiger partial charge in [0.2, 0.25) is 0 Å². The molecule has 1 N–H and O–H groups in total. The topological polar surface area (TPSA) is 41.1 Å². The standard InChI is InChI=1S/C15H14F3N3OS/c1-9-7-13(20-19-9)21-8-12(23-14(21)22-2)15(17,18)10-3-5-11(16)6-4-10/h3-8,14H,1-2H3,(H,19,20). The van der Waals surface area contributed by atoms with Crippen molar-refractivity contribution < 1.29 is 17.9 Å². The lowest BCUT2D eigenvalue weighted by Gasteiger charge is -2.20. The van der Waals surface area contributed by atoms with E-state index in [2.05, 4.69) is 10.2 Å². The summed E-state index contributed by atoms with van der Waals surface area (Å²) in [5.74, 6) is -3.30. The van der Waals surface area contributed by atoms with Gasteiger partial charge in [-0.2, -0.15) is 13.9 Å². The summed E-state index contributed by atoms with van der Waals surface area (Å²) >= 11 is 0.896. The molecule has 1 aromatic heterocycles. The van der Waals surface area contributed by atoms with Gasteiger partial charge in [-0.3, -0.25) is 10.00 Å². The molecule has 0 saturated heterocycles. The van der Waals surface area contributed by atoms with Gasteiger partial charge in [0.25, 0.3) is 0 Å². The zero-order chi connectivity index (χ0) is 16.6. The first kappa shape index (κ1) is 15.9. The van der Waals surface area contributed by atoms with Crippen LogP contribution in [-0.2, 0) is 10.7 Å². The van der Waals surface area contributed by atoms with Gasteiger partial charge in [-0.25, -0.2) is 4.39 Å². The van der Waals surface area contributed by atoms with E-state index in [0.717, 1.165) is 41.7 Å². The Balaban J connectivity index is 1.94. The van der Waals surface area contributed by atoms with Gasteiger partial charge < -0.3 is 4.74 Å². The molecule has 0 bridgehead atoms. The Bertz CT molecular complexity index is 730. The number of methoxy groups -OCH3 is 1. The molecule has 1 aliphatic heterocycles. The summed E-state index contributed by atoms with van der Waals surface area (Å²) in [6, 6.07) is 5.94. The normalized spacial score (nSPS) is 18.4. The summed E-state index contributed by atoms with van der Waals surface area (Å²) in [6.07, 6.45) is 1.32. The molecule has 0 fully saturated rings. The number of nitrogens with one attached hydrogen (secondary N) is 1. The molecule has 0 aliphatic carbocycles. The highest BCUT2D eigenvalue weighted by molar-refractivity contribution is 8.04. The van der Waals surface area contributed by atoms with E-state index in [1.54, 1.807) is 6.07 Å². The molecule has 1 aliphatic rings. The molecule has 4 nitrogen and oxygen atoms in total. The van der Waals surface area contributed by atoms with Gasteiger partial charge in [-0.05, 0) is 31.2 Å². The number of allylic oxidation sites excluding steroid dienone is 1. The molecule has 23 heavy (non-hydrogen) atoms. The first-order valence-electron chi connectivity index (χ1n) is 6.78. The van der Waals surface area contributed by atoms with Crippen molar-refractivity contribution in [3.63, 3.8) is 0 Å². The number of anilines is 1. The summed E-state index contributed by atoms with van der Waals surface area (Å²) in [5.41, 5.74) is -0.0985. The molecule has 0 saturated carbocycles. The fourth-order valence-electron chi connectivity index (χ4n) is 2.21. The van der Waals surface area contributed by atoms with Crippen molar-refractivity contribution in [3.05, 3.63) is 58.5 Å². The Morgan fingerprint density at radius 1 is 1.30 bits per heavy atom. The Hall–Kier alpha value is -1.93. The Kier molecular flexibility index (Phi) is 4.11. The van der Waals surface area contributed by atoms with E-state index in [4.69, 9.17) is 4.74 Å². The molecule has 2 heterocycles. The van der Waals surface area contributed by atoms with Crippen LogP contribution in [0.5, 0.6) is 0 Å². The summed E-state index contributed by atoms with van der Waals surface area (Å²) in [4.78, 5) is 1.35. The van der Waals surface area contributed by atoms with Gasteiger partial charge in [0.1, 0.15) is 5.82 Å². The molecular formula is C15H14F3N3OS. The summed E-state index contributed by atoms with van der Waals surface area (Å²) in [7, 11) is 1.44. The van der Waals surface area contributed by atoms with Crippen molar-refractivity contribution in [1.82, 2.24) is 10.2 Å². The van der Waals surface area contributed by atoms with E-state index < -0.39 is 17.3 Å². The predicted molar refractivity (Wildman–Crippen MR) is 82.6 cm³/mol. The SMILES string of the molecule is COC1SC(C(F)(F)c2ccc(F)cc2)=CN1c1cc(C)[nH]n1. The minimum absolute atomic E-state index is 0.184. The summed E-state index contributed by atoms with van der Waals surface area (Å²) < 4.78 is 47.6. The van der Waals surface area contributed by atoms with Crippen LogP contribution in [0.2, 0.25) is 0 Å². The molecule has 0 spiro atoms. The lowest BCUT2D eigenvalue weighted by atomic mass is 10.1. The zero-order valence-corrected chi connectivity index (χ0v) is 13.2. The number of aromatic amines is 1. The van der Waals surface area contributed by atoms with E-state index >= 15 is 0 Å². The van der Waals surface area contributed by atoms with Crippen LogP contribution in [0.3, 0.4) is 0 Å². The minimum Gasteiger partial charge on any atom is -0.351 e. The van der Waals surface area contributed by atoms with Gasteiger partial charge in [-0.1, -0.05) is 11.8 Å². The van der Waals surface area contributed by atoms with Gasteiger partial charge >= 0.3 is 5.92 Å². The third-order valence-corrected chi connectivity index (χ3v) is 4.62. The second kappa shape index (κ2) is 5.93. The zero-order valence-electron chi connectivity index (χ0n) is 12.4. The molecule has 1 unspecified atom stereocenters. The number of benzene rings is 1. The van der Waals surface area contributed by atoms with Crippen LogP contribution in [0.1, 0.15) is 11.3 Å². The molecule has 1 aromatic carbocycles. The number of halogens is 3. The van der Waals surface area contributed by atoms with Gasteiger partial charge in [0.15, 0.2) is 11.4 Å². The molecule has 122 valence electrons. The molecule has 0 radical (unpaired) electrons. The fraction of sp³-hybridized carbons (Fsp3) is 0.267. The van der Waals surface area contributed by atoms with Gasteiger partial charge in [-0.15, -0.1) is 0 Å². The van der Waals surface area contributed by atoms with Crippen LogP contribution in [0.15, 0.2) is 41.4 Å². The van der Waals surface area contributed by atoms with Crippen molar-refractivity contribution in [3.8, 4) is 0 Å².